The number of ether oxygens (including phenoxy) is 1. The van der Waals surface area contributed by atoms with Gasteiger partial charge in [-0.1, -0.05) is 29.8 Å². The number of hydrogen-bond donors (Lipinski definition) is 1. The summed E-state index contributed by atoms with van der Waals surface area (Å²) >= 11 is 6.13. The first-order valence-electron chi connectivity index (χ1n) is 9.89. The summed E-state index contributed by atoms with van der Waals surface area (Å²) in [5.74, 6) is -1.56. The molecule has 3 aromatic carbocycles. The topological polar surface area (TPSA) is 92.8 Å². The van der Waals surface area contributed by atoms with E-state index < -0.39 is 17.8 Å². The van der Waals surface area contributed by atoms with Gasteiger partial charge in [-0.15, -0.1) is 0 Å². The smallest absolute Gasteiger partial charge is 0.343 e. The van der Waals surface area contributed by atoms with E-state index in [-0.39, 0.29) is 22.1 Å². The highest BCUT2D eigenvalue weighted by molar-refractivity contribution is 6.53. The van der Waals surface area contributed by atoms with Crippen LogP contribution in [0.5, 0.6) is 5.75 Å². The van der Waals surface area contributed by atoms with Gasteiger partial charge in [-0.2, -0.15) is 0 Å². The first kappa shape index (κ1) is 22.0. The van der Waals surface area contributed by atoms with Crippen molar-refractivity contribution in [2.24, 2.45) is 0 Å². The molecule has 2 amide bonds. The average Bonchev–Trinajstić information content (AvgIpc) is 3.03. The number of ketones is 1. The van der Waals surface area contributed by atoms with E-state index >= 15 is 0 Å². The minimum atomic E-state index is -0.619. The fourth-order valence-electron chi connectivity index (χ4n) is 3.18. The highest BCUT2D eigenvalue weighted by Gasteiger charge is 2.38. The Bertz CT molecular complexity index is 1280. The number of para-hydroxylation sites is 1. The van der Waals surface area contributed by atoms with Gasteiger partial charge in [-0.3, -0.25) is 14.4 Å². The summed E-state index contributed by atoms with van der Waals surface area (Å²) in [6.45, 7) is 1.45. The fraction of sp³-hybridized carbons (Fsp3) is 0.0400. The lowest BCUT2D eigenvalue weighted by molar-refractivity contribution is -0.120. The molecular weight excluding hydrogens is 444 g/mol. The molecule has 0 bridgehead atoms. The summed E-state index contributed by atoms with van der Waals surface area (Å²) < 4.78 is 5.31. The Morgan fingerprint density at radius 1 is 0.818 bits per heavy atom. The fourth-order valence-corrected chi connectivity index (χ4v) is 3.39. The SMILES string of the molecule is CC(=O)c1ccc(OC(=O)c2ccc(NC3=C(Cl)C(=O)N(c4ccccc4)C3=O)cc2)cc1. The van der Waals surface area contributed by atoms with Gasteiger partial charge in [0.2, 0.25) is 0 Å². The zero-order chi connectivity index (χ0) is 23.5. The van der Waals surface area contributed by atoms with E-state index in [1.807, 2.05) is 0 Å². The monoisotopic (exact) mass is 460 g/mol. The second kappa shape index (κ2) is 9.10. The molecule has 3 aromatic rings. The van der Waals surface area contributed by atoms with Crippen molar-refractivity contribution in [3.63, 3.8) is 0 Å². The quantitative estimate of drug-likeness (QED) is 0.251. The lowest BCUT2D eigenvalue weighted by Crippen LogP contribution is -2.32. The number of benzene rings is 3. The number of nitrogens with one attached hydrogen (secondary N) is 1. The number of carbonyl (C=O) groups excluding carboxylic acids is 4. The Balaban J connectivity index is 1.45. The maximum absolute atomic E-state index is 12.8. The van der Waals surface area contributed by atoms with E-state index in [9.17, 15) is 19.2 Å². The number of hydrogen-bond acceptors (Lipinski definition) is 6. The van der Waals surface area contributed by atoms with E-state index in [4.69, 9.17) is 16.3 Å². The first-order chi connectivity index (χ1) is 15.8. The lowest BCUT2D eigenvalue weighted by atomic mass is 10.1. The molecule has 0 atom stereocenters. The van der Waals surface area contributed by atoms with Crippen molar-refractivity contribution < 1.29 is 23.9 Å². The summed E-state index contributed by atoms with van der Waals surface area (Å²) in [7, 11) is 0. The second-order valence-corrected chi connectivity index (χ2v) is 7.52. The molecule has 0 aromatic heterocycles. The van der Waals surface area contributed by atoms with Crippen LogP contribution < -0.4 is 15.0 Å². The molecule has 0 spiro atoms. The van der Waals surface area contributed by atoms with E-state index in [1.165, 1.54) is 19.1 Å². The predicted octanol–water partition coefficient (Wildman–Crippen LogP) is 4.54. The standard InChI is InChI=1S/C25H17ClN2O5/c1-15(29)16-9-13-20(14-10-16)33-25(32)17-7-11-18(12-8-17)27-22-21(26)23(30)28(24(22)31)19-5-3-2-4-6-19/h2-14,27H,1H3. The minimum Gasteiger partial charge on any atom is -0.423 e. The van der Waals surface area contributed by atoms with Gasteiger partial charge in [0.25, 0.3) is 11.8 Å². The van der Waals surface area contributed by atoms with Crippen molar-refractivity contribution in [3.8, 4) is 5.75 Å². The Morgan fingerprint density at radius 2 is 1.42 bits per heavy atom. The van der Waals surface area contributed by atoms with Gasteiger partial charge >= 0.3 is 5.97 Å². The van der Waals surface area contributed by atoms with E-state index in [0.717, 1.165) is 4.90 Å². The number of amides is 2. The van der Waals surface area contributed by atoms with E-state index in [1.54, 1.807) is 66.7 Å². The number of rotatable bonds is 6. The molecule has 0 saturated heterocycles. The molecule has 0 radical (unpaired) electrons. The second-order valence-electron chi connectivity index (χ2n) is 7.14. The van der Waals surface area contributed by atoms with Crippen molar-refractivity contribution >= 4 is 46.5 Å². The first-order valence-corrected chi connectivity index (χ1v) is 10.3. The van der Waals surface area contributed by atoms with Crippen molar-refractivity contribution in [2.75, 3.05) is 10.2 Å². The molecule has 1 heterocycles. The highest BCUT2D eigenvalue weighted by atomic mass is 35.5. The van der Waals surface area contributed by atoms with Crippen molar-refractivity contribution in [3.05, 3.63) is 101 Å². The maximum atomic E-state index is 12.8. The summed E-state index contributed by atoms with van der Waals surface area (Å²) in [5.41, 5.74) is 1.62. The normalized spacial score (nSPS) is 13.3. The summed E-state index contributed by atoms with van der Waals surface area (Å²) in [6, 6.07) is 20.9. The Hall–Kier alpha value is -4.23. The maximum Gasteiger partial charge on any atom is 0.343 e. The third kappa shape index (κ3) is 4.53. The van der Waals surface area contributed by atoms with Crippen LogP contribution in [-0.2, 0) is 9.59 Å². The molecule has 1 N–H and O–H groups in total. The van der Waals surface area contributed by atoms with Crippen molar-refractivity contribution in [2.45, 2.75) is 6.92 Å². The largest absolute Gasteiger partial charge is 0.423 e. The molecule has 0 fully saturated rings. The van der Waals surface area contributed by atoms with E-state index in [2.05, 4.69) is 5.32 Å². The van der Waals surface area contributed by atoms with Crippen LogP contribution in [-0.4, -0.2) is 23.6 Å². The van der Waals surface area contributed by atoms with E-state index in [0.29, 0.717) is 22.7 Å². The van der Waals surface area contributed by atoms with Crippen LogP contribution in [0.2, 0.25) is 0 Å². The number of halogens is 1. The van der Waals surface area contributed by atoms with Crippen LogP contribution in [0, 0.1) is 0 Å². The molecule has 8 heteroatoms. The molecule has 0 unspecified atom stereocenters. The van der Waals surface area contributed by atoms with Gasteiger partial charge in [-0.25, -0.2) is 9.69 Å². The average molecular weight is 461 g/mol. The molecule has 0 aliphatic carbocycles. The zero-order valence-corrected chi connectivity index (χ0v) is 18.1. The van der Waals surface area contributed by atoms with Crippen molar-refractivity contribution in [1.82, 2.24) is 0 Å². The molecule has 1 aliphatic rings. The molecule has 7 nitrogen and oxygen atoms in total. The van der Waals surface area contributed by atoms with Gasteiger partial charge in [0.1, 0.15) is 16.5 Å². The zero-order valence-electron chi connectivity index (χ0n) is 17.4. The van der Waals surface area contributed by atoms with Crippen molar-refractivity contribution in [1.29, 1.82) is 0 Å². The minimum absolute atomic E-state index is 0.0496. The van der Waals surface area contributed by atoms with Crippen LogP contribution in [0.1, 0.15) is 27.6 Å². The third-order valence-corrected chi connectivity index (χ3v) is 5.25. The summed E-state index contributed by atoms with van der Waals surface area (Å²) in [6.07, 6.45) is 0. The summed E-state index contributed by atoms with van der Waals surface area (Å²) in [4.78, 5) is 50.0. The Labute approximate surface area is 194 Å². The highest BCUT2D eigenvalue weighted by Crippen LogP contribution is 2.30. The lowest BCUT2D eigenvalue weighted by Gasteiger charge is -2.14. The third-order valence-electron chi connectivity index (χ3n) is 4.90. The van der Waals surface area contributed by atoms with Crippen LogP contribution in [0.4, 0.5) is 11.4 Å². The molecule has 0 saturated carbocycles. The van der Waals surface area contributed by atoms with Gasteiger partial charge in [0, 0.05) is 11.3 Å². The van der Waals surface area contributed by atoms with Gasteiger partial charge in [-0.05, 0) is 67.6 Å². The van der Waals surface area contributed by atoms with Gasteiger partial charge < -0.3 is 10.1 Å². The summed E-state index contributed by atoms with van der Waals surface area (Å²) in [5, 5.41) is 2.63. The number of carbonyl (C=O) groups is 4. The van der Waals surface area contributed by atoms with Gasteiger partial charge in [0.15, 0.2) is 5.78 Å². The number of imide groups is 1. The number of anilines is 2. The molecule has 4 rings (SSSR count). The number of nitrogens with zero attached hydrogens (tertiary/aromatic N) is 1. The van der Waals surface area contributed by atoms with Crippen LogP contribution >= 0.6 is 11.6 Å². The molecule has 164 valence electrons. The predicted molar refractivity (Wildman–Crippen MR) is 123 cm³/mol. The molecule has 1 aliphatic heterocycles. The number of esters is 1. The van der Waals surface area contributed by atoms with Crippen LogP contribution in [0.15, 0.2) is 89.6 Å². The number of Topliss-reactive ketones (excluding diaryl/α,β-unsaturated/α-hetero) is 1. The van der Waals surface area contributed by atoms with Crippen LogP contribution in [0.3, 0.4) is 0 Å². The Morgan fingerprint density at radius 3 is 2.03 bits per heavy atom. The Kier molecular flexibility index (Phi) is 6.06. The molecule has 33 heavy (non-hydrogen) atoms. The molecular formula is C25H17ClN2O5. The van der Waals surface area contributed by atoms with Gasteiger partial charge in [0.05, 0.1) is 11.3 Å². The van der Waals surface area contributed by atoms with Crippen LogP contribution in [0.25, 0.3) is 0 Å².